The number of hydrogen-bond donors (Lipinski definition) is 2. The molecule has 1 aliphatic heterocycles. The summed E-state index contributed by atoms with van der Waals surface area (Å²) >= 11 is 1.02. The van der Waals surface area contributed by atoms with Gasteiger partial charge in [0, 0.05) is 43.7 Å². The van der Waals surface area contributed by atoms with Crippen molar-refractivity contribution in [2.75, 3.05) is 31.1 Å². The predicted octanol–water partition coefficient (Wildman–Crippen LogP) is 4.45. The van der Waals surface area contributed by atoms with Crippen LogP contribution in [0.3, 0.4) is 0 Å². The summed E-state index contributed by atoms with van der Waals surface area (Å²) in [6.45, 7) is 5.51. The van der Waals surface area contributed by atoms with Crippen LogP contribution in [0.25, 0.3) is 0 Å². The van der Waals surface area contributed by atoms with Crippen LogP contribution in [0.4, 0.5) is 18.9 Å². The van der Waals surface area contributed by atoms with Gasteiger partial charge in [-0.2, -0.15) is 13.2 Å². The maximum absolute atomic E-state index is 12.6. The van der Waals surface area contributed by atoms with E-state index in [-0.39, 0.29) is 24.0 Å². The van der Waals surface area contributed by atoms with E-state index < -0.39 is 11.9 Å². The van der Waals surface area contributed by atoms with Gasteiger partial charge in [0.15, 0.2) is 11.7 Å². The average Bonchev–Trinajstić information content (AvgIpc) is 3.38. The fourth-order valence-corrected chi connectivity index (χ4v) is 3.66. The number of nitrogens with one attached hydrogen (secondary N) is 2. The Hall–Kier alpha value is -1.82. The third-order valence-electron chi connectivity index (χ3n) is 4.36. The Kier molecular flexibility index (Phi) is 9.40. The fourth-order valence-electron chi connectivity index (χ4n) is 2.86. The van der Waals surface area contributed by atoms with E-state index in [1.807, 2.05) is 6.92 Å². The Labute approximate surface area is 195 Å². The smallest absolute Gasteiger partial charge is 0.364 e. The van der Waals surface area contributed by atoms with Gasteiger partial charge in [-0.1, -0.05) is 24.3 Å². The molecule has 1 aromatic carbocycles. The van der Waals surface area contributed by atoms with Crippen molar-refractivity contribution >= 4 is 47.0 Å². The number of thiazole rings is 1. The van der Waals surface area contributed by atoms with E-state index in [4.69, 9.17) is 0 Å². The normalized spacial score (nSPS) is 14.0. The third-order valence-corrected chi connectivity index (χ3v) is 5.27. The van der Waals surface area contributed by atoms with Gasteiger partial charge in [-0.15, -0.1) is 35.3 Å². The highest BCUT2D eigenvalue weighted by Crippen LogP contribution is 2.30. The number of halogens is 4. The molecule has 30 heavy (non-hydrogen) atoms. The number of benzene rings is 1. The molecule has 3 rings (SSSR count). The Morgan fingerprint density at radius 3 is 2.47 bits per heavy atom. The zero-order valence-corrected chi connectivity index (χ0v) is 19.7. The topological polar surface area (TPSA) is 52.6 Å². The second kappa shape index (κ2) is 11.5. The molecule has 0 spiro atoms. The van der Waals surface area contributed by atoms with Gasteiger partial charge in [0.05, 0.1) is 11.6 Å². The van der Waals surface area contributed by atoms with Crippen LogP contribution in [0.2, 0.25) is 0 Å². The van der Waals surface area contributed by atoms with Gasteiger partial charge in [0.2, 0.25) is 0 Å². The molecule has 0 amide bonds. The highest BCUT2D eigenvalue weighted by atomic mass is 127. The molecule has 0 saturated heterocycles. The van der Waals surface area contributed by atoms with Crippen LogP contribution < -0.4 is 15.5 Å². The predicted molar refractivity (Wildman–Crippen MR) is 127 cm³/mol. The molecule has 0 bridgehead atoms. The first kappa shape index (κ1) is 24.4. The highest BCUT2D eigenvalue weighted by molar-refractivity contribution is 14.0. The first-order chi connectivity index (χ1) is 14.0. The van der Waals surface area contributed by atoms with Gasteiger partial charge in [0.1, 0.15) is 0 Å². The molecule has 1 aromatic heterocycles. The lowest BCUT2D eigenvalue weighted by Gasteiger charge is -2.17. The van der Waals surface area contributed by atoms with Crippen molar-refractivity contribution in [3.8, 4) is 0 Å². The summed E-state index contributed by atoms with van der Waals surface area (Å²) in [4.78, 5) is 10.5. The number of alkyl halides is 3. The molecule has 0 saturated carbocycles. The minimum atomic E-state index is -4.39. The van der Waals surface area contributed by atoms with Gasteiger partial charge in [-0.25, -0.2) is 9.98 Å². The summed E-state index contributed by atoms with van der Waals surface area (Å²) in [6.07, 6.45) is 0.327. The molecule has 0 aliphatic carbocycles. The maximum atomic E-state index is 12.6. The van der Waals surface area contributed by atoms with Crippen molar-refractivity contribution < 1.29 is 13.2 Å². The summed E-state index contributed by atoms with van der Waals surface area (Å²) in [6, 6.07) is 8.32. The molecule has 0 unspecified atom stereocenters. The van der Waals surface area contributed by atoms with Gasteiger partial charge in [-0.05, 0) is 24.6 Å². The average molecular weight is 551 g/mol. The van der Waals surface area contributed by atoms with E-state index >= 15 is 0 Å². The number of anilines is 1. The lowest BCUT2D eigenvalue weighted by atomic mass is 10.2. The van der Waals surface area contributed by atoms with E-state index in [0.29, 0.717) is 37.0 Å². The van der Waals surface area contributed by atoms with Crippen LogP contribution in [0.1, 0.15) is 23.2 Å². The first-order valence-electron chi connectivity index (χ1n) is 9.48. The van der Waals surface area contributed by atoms with Crippen molar-refractivity contribution in [3.05, 3.63) is 58.1 Å². The van der Waals surface area contributed by atoms with Crippen LogP contribution >= 0.6 is 35.3 Å². The van der Waals surface area contributed by atoms with Gasteiger partial charge in [0.25, 0.3) is 0 Å². The van der Waals surface area contributed by atoms with E-state index in [2.05, 4.69) is 61.9 Å². The second-order valence-electron chi connectivity index (χ2n) is 6.54. The van der Waals surface area contributed by atoms with E-state index in [1.54, 1.807) is 0 Å². The number of aliphatic imine (C=N–C) groups is 1. The monoisotopic (exact) mass is 551 g/mol. The van der Waals surface area contributed by atoms with Crippen LogP contribution in [0.15, 0.2) is 46.8 Å². The minimum absolute atomic E-state index is 0. The molecule has 2 aromatic rings. The molecular formula is C20H25F3IN5S. The highest BCUT2D eigenvalue weighted by Gasteiger charge is 2.33. The maximum Gasteiger partial charge on any atom is 0.434 e. The van der Waals surface area contributed by atoms with E-state index in [9.17, 15) is 13.2 Å². The molecule has 5 nitrogen and oxygen atoms in total. The van der Waals surface area contributed by atoms with Gasteiger partial charge < -0.3 is 15.5 Å². The van der Waals surface area contributed by atoms with Crippen LogP contribution in [-0.4, -0.2) is 37.1 Å². The zero-order valence-electron chi connectivity index (χ0n) is 16.6. The van der Waals surface area contributed by atoms with Crippen molar-refractivity contribution in [1.82, 2.24) is 15.6 Å². The summed E-state index contributed by atoms with van der Waals surface area (Å²) in [7, 11) is 0. The number of aromatic nitrogens is 1. The quantitative estimate of drug-likeness (QED) is 0.231. The molecule has 164 valence electrons. The second-order valence-corrected chi connectivity index (χ2v) is 7.48. The standard InChI is InChI=1S/C20H24F3N5S.HI/c1-2-24-19(25-10-9-18-27-17(14-29-18)20(21,22)23)26-13-15-5-7-16(8-6-15)28-11-3-4-12-28;/h3-8,14H,2,9-13H2,1H3,(H2,24,25,26);1H. The zero-order chi connectivity index (χ0) is 20.7. The van der Waals surface area contributed by atoms with Crippen molar-refractivity contribution in [3.63, 3.8) is 0 Å². The molecule has 0 radical (unpaired) electrons. The Morgan fingerprint density at radius 1 is 1.17 bits per heavy atom. The first-order valence-corrected chi connectivity index (χ1v) is 10.4. The largest absolute Gasteiger partial charge is 0.434 e. The molecule has 0 atom stereocenters. The summed E-state index contributed by atoms with van der Waals surface area (Å²) in [5, 5.41) is 7.81. The number of rotatable bonds is 7. The fraction of sp³-hybridized carbons (Fsp3) is 0.400. The molecule has 2 N–H and O–H groups in total. The Bertz CT molecular complexity index is 841. The third kappa shape index (κ3) is 7.15. The van der Waals surface area contributed by atoms with Crippen LogP contribution in [0.5, 0.6) is 0 Å². The van der Waals surface area contributed by atoms with Gasteiger partial charge in [-0.3, -0.25) is 0 Å². The van der Waals surface area contributed by atoms with Crippen molar-refractivity contribution in [1.29, 1.82) is 0 Å². The minimum Gasteiger partial charge on any atom is -0.364 e. The molecule has 0 fully saturated rings. The number of nitrogens with zero attached hydrogens (tertiary/aromatic N) is 3. The Balaban J connectivity index is 0.00000320. The summed E-state index contributed by atoms with van der Waals surface area (Å²) in [5.41, 5.74) is 1.45. The van der Waals surface area contributed by atoms with Crippen molar-refractivity contribution in [2.24, 2.45) is 4.99 Å². The van der Waals surface area contributed by atoms with E-state index in [1.165, 1.54) is 5.69 Å². The SMILES string of the molecule is CCNC(=NCc1ccc(N2CC=CC2)cc1)NCCc1nc(C(F)(F)F)cs1.I. The van der Waals surface area contributed by atoms with Crippen LogP contribution in [0, 0.1) is 0 Å². The summed E-state index contributed by atoms with van der Waals surface area (Å²) < 4.78 is 37.9. The number of hydrogen-bond acceptors (Lipinski definition) is 4. The molecule has 2 heterocycles. The molecule has 10 heteroatoms. The van der Waals surface area contributed by atoms with Gasteiger partial charge >= 0.3 is 6.18 Å². The number of guanidine groups is 1. The van der Waals surface area contributed by atoms with Crippen molar-refractivity contribution in [2.45, 2.75) is 26.1 Å². The lowest BCUT2D eigenvalue weighted by Crippen LogP contribution is -2.38. The molecule has 1 aliphatic rings. The van der Waals surface area contributed by atoms with E-state index in [0.717, 1.165) is 35.4 Å². The Morgan fingerprint density at radius 2 is 1.87 bits per heavy atom. The molecular weight excluding hydrogens is 526 g/mol. The summed E-state index contributed by atoms with van der Waals surface area (Å²) in [5.74, 6) is 0.632. The van der Waals surface area contributed by atoms with Crippen LogP contribution in [-0.2, 0) is 19.1 Å². The lowest BCUT2D eigenvalue weighted by molar-refractivity contribution is -0.140.